The molecule has 0 heterocycles. The van der Waals surface area contributed by atoms with E-state index in [9.17, 15) is 18.4 Å². The number of aliphatic carboxylic acids is 1. The van der Waals surface area contributed by atoms with Gasteiger partial charge in [-0.15, -0.1) is 0 Å². The predicted molar refractivity (Wildman–Crippen MR) is 81.4 cm³/mol. The first-order valence-corrected chi connectivity index (χ1v) is 7.02. The van der Waals surface area contributed by atoms with Crippen molar-refractivity contribution in [3.05, 3.63) is 42.0 Å². The summed E-state index contributed by atoms with van der Waals surface area (Å²) in [5.74, 6) is -1.97. The van der Waals surface area contributed by atoms with Crippen LogP contribution in [0.1, 0.15) is 10.4 Å². The molecule has 0 aliphatic rings. The SMILES string of the molecule is O=C(O)COCCNC(=O)c1cc2ccccc2cc1OC(F)F. The number of carboxylic acid groups (broad SMARTS) is 1. The van der Waals surface area contributed by atoms with Gasteiger partial charge in [-0.2, -0.15) is 8.78 Å². The molecule has 0 aromatic heterocycles. The van der Waals surface area contributed by atoms with Gasteiger partial charge in [0.05, 0.1) is 12.2 Å². The van der Waals surface area contributed by atoms with Gasteiger partial charge in [-0.05, 0) is 22.9 Å². The van der Waals surface area contributed by atoms with Crippen molar-refractivity contribution in [3.8, 4) is 5.75 Å². The van der Waals surface area contributed by atoms with Gasteiger partial charge in [0.1, 0.15) is 12.4 Å². The molecule has 0 saturated heterocycles. The van der Waals surface area contributed by atoms with Crippen molar-refractivity contribution >= 4 is 22.6 Å². The second kappa shape index (κ2) is 8.21. The third-order valence-electron chi connectivity index (χ3n) is 3.07. The Morgan fingerprint density at radius 2 is 1.83 bits per heavy atom. The topological polar surface area (TPSA) is 84.9 Å². The highest BCUT2D eigenvalue weighted by atomic mass is 19.3. The maximum absolute atomic E-state index is 12.6. The Labute approximate surface area is 136 Å². The fraction of sp³-hybridized carbons (Fsp3) is 0.250. The van der Waals surface area contributed by atoms with Crippen LogP contribution in [0.2, 0.25) is 0 Å². The number of halogens is 2. The molecule has 2 aromatic carbocycles. The summed E-state index contributed by atoms with van der Waals surface area (Å²) in [4.78, 5) is 22.5. The van der Waals surface area contributed by atoms with Crippen LogP contribution < -0.4 is 10.1 Å². The van der Waals surface area contributed by atoms with Crippen LogP contribution in [0.25, 0.3) is 10.8 Å². The van der Waals surface area contributed by atoms with Crippen molar-refractivity contribution in [2.24, 2.45) is 0 Å². The molecule has 0 spiro atoms. The molecule has 0 fully saturated rings. The molecule has 0 aliphatic carbocycles. The number of hydrogen-bond donors (Lipinski definition) is 2. The molecule has 0 saturated carbocycles. The van der Waals surface area contributed by atoms with Crippen LogP contribution in [-0.4, -0.2) is 43.4 Å². The van der Waals surface area contributed by atoms with E-state index in [-0.39, 0.29) is 24.5 Å². The Hall–Kier alpha value is -2.74. The maximum atomic E-state index is 12.6. The summed E-state index contributed by atoms with van der Waals surface area (Å²) in [5.41, 5.74) is -0.0350. The Kier molecular flexibility index (Phi) is 6.02. The fourth-order valence-electron chi connectivity index (χ4n) is 2.08. The summed E-state index contributed by atoms with van der Waals surface area (Å²) in [5, 5.41) is 12.3. The third-order valence-corrected chi connectivity index (χ3v) is 3.07. The van der Waals surface area contributed by atoms with Gasteiger partial charge in [0.2, 0.25) is 0 Å². The number of alkyl halides is 2. The van der Waals surface area contributed by atoms with E-state index in [2.05, 4.69) is 10.1 Å². The number of hydrogen-bond acceptors (Lipinski definition) is 4. The minimum atomic E-state index is -3.06. The lowest BCUT2D eigenvalue weighted by Gasteiger charge is -2.12. The second-order valence-corrected chi connectivity index (χ2v) is 4.78. The van der Waals surface area contributed by atoms with E-state index in [0.29, 0.717) is 10.8 Å². The molecule has 0 atom stereocenters. The van der Waals surface area contributed by atoms with Gasteiger partial charge in [-0.3, -0.25) is 4.79 Å². The average Bonchev–Trinajstić information content (AvgIpc) is 2.52. The largest absolute Gasteiger partial charge is 0.480 e. The number of nitrogens with one attached hydrogen (secondary N) is 1. The number of fused-ring (bicyclic) bond motifs is 1. The number of ether oxygens (including phenoxy) is 2. The number of benzene rings is 2. The molecule has 8 heteroatoms. The van der Waals surface area contributed by atoms with Crippen molar-refractivity contribution in [1.29, 1.82) is 0 Å². The Morgan fingerprint density at radius 3 is 2.46 bits per heavy atom. The number of carbonyl (C=O) groups excluding carboxylic acids is 1. The van der Waals surface area contributed by atoms with E-state index < -0.39 is 25.1 Å². The lowest BCUT2D eigenvalue weighted by atomic mass is 10.1. The summed E-state index contributed by atoms with van der Waals surface area (Å²) in [7, 11) is 0. The fourth-order valence-corrected chi connectivity index (χ4v) is 2.08. The summed E-state index contributed by atoms with van der Waals surface area (Å²) in [6, 6.07) is 9.80. The van der Waals surface area contributed by atoms with Crippen LogP contribution in [0.15, 0.2) is 36.4 Å². The van der Waals surface area contributed by atoms with Gasteiger partial charge in [-0.1, -0.05) is 24.3 Å². The average molecular weight is 339 g/mol. The molecule has 2 aromatic rings. The summed E-state index contributed by atoms with van der Waals surface area (Å²) < 4.78 is 34.3. The molecular formula is C16H15F2NO5. The van der Waals surface area contributed by atoms with Crippen LogP contribution in [-0.2, 0) is 9.53 Å². The molecule has 128 valence electrons. The standard InChI is InChI=1S/C16H15F2NO5/c17-16(18)24-13-8-11-4-2-1-3-10(11)7-12(13)15(22)19-5-6-23-9-14(20)21/h1-4,7-8,16H,5-6,9H2,(H,19,22)(H,20,21). The smallest absolute Gasteiger partial charge is 0.387 e. The minimum Gasteiger partial charge on any atom is -0.480 e. The molecule has 0 radical (unpaired) electrons. The van der Waals surface area contributed by atoms with Crippen molar-refractivity contribution < 1.29 is 33.0 Å². The van der Waals surface area contributed by atoms with Gasteiger partial charge in [-0.25, -0.2) is 4.79 Å². The highest BCUT2D eigenvalue weighted by molar-refractivity contribution is 6.01. The first-order valence-electron chi connectivity index (χ1n) is 7.02. The Bertz CT molecular complexity index is 735. The van der Waals surface area contributed by atoms with Crippen LogP contribution in [0.3, 0.4) is 0 Å². The molecule has 2 rings (SSSR count). The van der Waals surface area contributed by atoms with E-state index in [0.717, 1.165) is 0 Å². The van der Waals surface area contributed by atoms with Gasteiger partial charge < -0.3 is 19.9 Å². The van der Waals surface area contributed by atoms with E-state index in [1.165, 1.54) is 12.1 Å². The predicted octanol–water partition coefficient (Wildman–Crippen LogP) is 2.27. The molecule has 24 heavy (non-hydrogen) atoms. The molecule has 6 nitrogen and oxygen atoms in total. The highest BCUT2D eigenvalue weighted by Crippen LogP contribution is 2.27. The van der Waals surface area contributed by atoms with Crippen molar-refractivity contribution in [1.82, 2.24) is 5.32 Å². The van der Waals surface area contributed by atoms with Gasteiger partial charge in [0.25, 0.3) is 5.91 Å². The van der Waals surface area contributed by atoms with E-state index in [1.54, 1.807) is 24.3 Å². The monoisotopic (exact) mass is 339 g/mol. The molecule has 0 unspecified atom stereocenters. The van der Waals surface area contributed by atoms with Crippen LogP contribution in [0.5, 0.6) is 5.75 Å². The van der Waals surface area contributed by atoms with Crippen LogP contribution in [0, 0.1) is 0 Å². The zero-order valence-corrected chi connectivity index (χ0v) is 12.5. The number of rotatable bonds is 8. The van der Waals surface area contributed by atoms with Crippen LogP contribution in [0.4, 0.5) is 8.78 Å². The van der Waals surface area contributed by atoms with Gasteiger partial charge >= 0.3 is 12.6 Å². The summed E-state index contributed by atoms with van der Waals surface area (Å²) >= 11 is 0. The third kappa shape index (κ3) is 4.88. The highest BCUT2D eigenvalue weighted by Gasteiger charge is 2.17. The minimum absolute atomic E-state index is 0.0172. The number of carbonyl (C=O) groups is 2. The molecule has 0 bridgehead atoms. The molecule has 2 N–H and O–H groups in total. The molecule has 1 amide bonds. The summed E-state index contributed by atoms with van der Waals surface area (Å²) in [6.45, 7) is -3.52. The Balaban J connectivity index is 2.12. The molecule has 0 aliphatic heterocycles. The first-order chi connectivity index (χ1) is 11.5. The maximum Gasteiger partial charge on any atom is 0.387 e. The Morgan fingerprint density at radius 1 is 1.17 bits per heavy atom. The van der Waals surface area contributed by atoms with E-state index in [1.807, 2.05) is 0 Å². The van der Waals surface area contributed by atoms with Gasteiger partial charge in [0, 0.05) is 6.54 Å². The van der Waals surface area contributed by atoms with Gasteiger partial charge in [0.15, 0.2) is 0 Å². The second-order valence-electron chi connectivity index (χ2n) is 4.78. The van der Waals surface area contributed by atoms with Crippen molar-refractivity contribution in [2.75, 3.05) is 19.8 Å². The van der Waals surface area contributed by atoms with Crippen molar-refractivity contribution in [2.45, 2.75) is 6.61 Å². The number of carboxylic acids is 1. The summed E-state index contributed by atoms with van der Waals surface area (Å²) in [6.07, 6.45) is 0. The molecular weight excluding hydrogens is 324 g/mol. The zero-order valence-electron chi connectivity index (χ0n) is 12.5. The number of amides is 1. The van der Waals surface area contributed by atoms with E-state index in [4.69, 9.17) is 9.84 Å². The lowest BCUT2D eigenvalue weighted by Crippen LogP contribution is -2.28. The lowest BCUT2D eigenvalue weighted by molar-refractivity contribution is -0.142. The zero-order chi connectivity index (χ0) is 17.5. The van der Waals surface area contributed by atoms with Crippen molar-refractivity contribution in [3.63, 3.8) is 0 Å². The quantitative estimate of drug-likeness (QED) is 0.721. The first kappa shape index (κ1) is 17.6. The normalized spacial score (nSPS) is 10.8. The van der Waals surface area contributed by atoms with Crippen LogP contribution >= 0.6 is 0 Å². The van der Waals surface area contributed by atoms with E-state index >= 15 is 0 Å².